The van der Waals surface area contributed by atoms with E-state index in [0.717, 1.165) is 29.8 Å². The molecule has 6 heteroatoms. The minimum atomic E-state index is 0.0863. The van der Waals surface area contributed by atoms with Gasteiger partial charge in [0.25, 0.3) is 0 Å². The first kappa shape index (κ1) is 16.6. The molecule has 0 radical (unpaired) electrons. The van der Waals surface area contributed by atoms with Crippen LogP contribution in [0.25, 0.3) is 11.3 Å². The van der Waals surface area contributed by atoms with Crippen LogP contribution in [0.3, 0.4) is 0 Å². The molecule has 2 aromatic heterocycles. The van der Waals surface area contributed by atoms with Crippen molar-refractivity contribution in [2.75, 3.05) is 13.1 Å². The molecule has 0 atom stereocenters. The van der Waals surface area contributed by atoms with E-state index in [-0.39, 0.29) is 12.3 Å². The Morgan fingerprint density at radius 2 is 1.96 bits per heavy atom. The number of benzene rings is 1. The summed E-state index contributed by atoms with van der Waals surface area (Å²) in [6.07, 6.45) is 1.89. The number of aryl methyl sites for hydroxylation is 2. The quantitative estimate of drug-likeness (QED) is 0.728. The van der Waals surface area contributed by atoms with Crippen LogP contribution in [-0.4, -0.2) is 38.8 Å². The Bertz CT molecular complexity index is 927. The van der Waals surface area contributed by atoms with Gasteiger partial charge in [-0.25, -0.2) is 0 Å². The van der Waals surface area contributed by atoms with Crippen molar-refractivity contribution < 1.29 is 9.32 Å². The standard InChI is InChI=1S/C20H22N4O2/c1-14-12-16(26-22-14)13-19(25)24-10-8-17-18(9-11-24)23(2)21-20(17)15-6-4-3-5-7-15/h3-7,12H,8-11,13H2,1-2H3. The molecular weight excluding hydrogens is 328 g/mol. The van der Waals surface area contributed by atoms with Crippen LogP contribution in [-0.2, 0) is 31.1 Å². The molecule has 0 N–H and O–H groups in total. The Labute approximate surface area is 152 Å². The molecule has 0 saturated carbocycles. The number of rotatable bonds is 3. The lowest BCUT2D eigenvalue weighted by Gasteiger charge is -2.19. The predicted octanol–water partition coefficient (Wildman–Crippen LogP) is 2.55. The third-order valence-electron chi connectivity index (χ3n) is 4.93. The zero-order valence-corrected chi connectivity index (χ0v) is 15.1. The third-order valence-corrected chi connectivity index (χ3v) is 4.93. The number of aromatic nitrogens is 3. The number of hydrogen-bond acceptors (Lipinski definition) is 4. The molecule has 4 rings (SSSR count). The summed E-state index contributed by atoms with van der Waals surface area (Å²) in [5, 5.41) is 8.59. The summed E-state index contributed by atoms with van der Waals surface area (Å²) >= 11 is 0. The summed E-state index contributed by atoms with van der Waals surface area (Å²) in [6.45, 7) is 3.26. The van der Waals surface area contributed by atoms with Gasteiger partial charge in [-0.05, 0) is 13.3 Å². The monoisotopic (exact) mass is 350 g/mol. The van der Waals surface area contributed by atoms with Crippen molar-refractivity contribution in [3.63, 3.8) is 0 Å². The molecule has 6 nitrogen and oxygen atoms in total. The van der Waals surface area contributed by atoms with Gasteiger partial charge in [-0.1, -0.05) is 35.5 Å². The van der Waals surface area contributed by atoms with Gasteiger partial charge in [-0.2, -0.15) is 5.10 Å². The molecule has 1 aromatic carbocycles. The second kappa shape index (κ2) is 6.78. The molecule has 1 amide bonds. The second-order valence-electron chi connectivity index (χ2n) is 6.76. The van der Waals surface area contributed by atoms with Crippen molar-refractivity contribution in [3.05, 3.63) is 59.1 Å². The van der Waals surface area contributed by atoms with Crippen LogP contribution < -0.4 is 0 Å². The number of carbonyl (C=O) groups is 1. The van der Waals surface area contributed by atoms with E-state index in [4.69, 9.17) is 9.62 Å². The lowest BCUT2D eigenvalue weighted by Crippen LogP contribution is -2.34. The number of nitrogens with zero attached hydrogens (tertiary/aromatic N) is 4. The van der Waals surface area contributed by atoms with Crippen molar-refractivity contribution in [2.24, 2.45) is 7.05 Å². The van der Waals surface area contributed by atoms with Crippen LogP contribution in [0.2, 0.25) is 0 Å². The maximum atomic E-state index is 12.7. The normalized spacial score (nSPS) is 14.2. The minimum absolute atomic E-state index is 0.0863. The van der Waals surface area contributed by atoms with Crippen LogP contribution in [0.15, 0.2) is 40.9 Å². The van der Waals surface area contributed by atoms with Crippen LogP contribution in [0.5, 0.6) is 0 Å². The minimum Gasteiger partial charge on any atom is -0.361 e. The first-order valence-electron chi connectivity index (χ1n) is 8.92. The van der Waals surface area contributed by atoms with Gasteiger partial charge in [0, 0.05) is 49.4 Å². The summed E-state index contributed by atoms with van der Waals surface area (Å²) in [5.41, 5.74) is 5.43. The molecule has 0 saturated heterocycles. The van der Waals surface area contributed by atoms with Gasteiger partial charge < -0.3 is 9.42 Å². The second-order valence-corrected chi connectivity index (χ2v) is 6.76. The highest BCUT2D eigenvalue weighted by atomic mass is 16.5. The fourth-order valence-corrected chi connectivity index (χ4v) is 3.62. The summed E-state index contributed by atoms with van der Waals surface area (Å²) in [6, 6.07) is 12.1. The zero-order valence-electron chi connectivity index (χ0n) is 15.1. The molecular formula is C20H22N4O2. The van der Waals surface area contributed by atoms with Crippen LogP contribution >= 0.6 is 0 Å². The van der Waals surface area contributed by atoms with Crippen molar-refractivity contribution in [1.82, 2.24) is 19.8 Å². The van der Waals surface area contributed by atoms with Crippen molar-refractivity contribution in [3.8, 4) is 11.3 Å². The van der Waals surface area contributed by atoms with Crippen molar-refractivity contribution >= 4 is 5.91 Å². The first-order valence-corrected chi connectivity index (χ1v) is 8.92. The molecule has 0 unspecified atom stereocenters. The van der Waals surface area contributed by atoms with Gasteiger partial charge in [0.05, 0.1) is 17.8 Å². The van der Waals surface area contributed by atoms with Gasteiger partial charge in [-0.15, -0.1) is 0 Å². The Hall–Kier alpha value is -2.89. The largest absolute Gasteiger partial charge is 0.361 e. The topological polar surface area (TPSA) is 64.2 Å². The van der Waals surface area contributed by atoms with E-state index in [1.807, 2.05) is 47.8 Å². The van der Waals surface area contributed by atoms with Crippen LogP contribution in [0.1, 0.15) is 22.7 Å². The SMILES string of the molecule is Cc1cc(CC(=O)N2CCc3c(-c4ccccc4)nn(C)c3CC2)on1. The number of hydrogen-bond donors (Lipinski definition) is 0. The molecule has 0 fully saturated rings. The molecule has 0 spiro atoms. The fraction of sp³-hybridized carbons (Fsp3) is 0.350. The highest BCUT2D eigenvalue weighted by molar-refractivity contribution is 5.78. The highest BCUT2D eigenvalue weighted by Gasteiger charge is 2.25. The van der Waals surface area contributed by atoms with Crippen LogP contribution in [0.4, 0.5) is 0 Å². The van der Waals surface area contributed by atoms with Gasteiger partial charge >= 0.3 is 0 Å². The Morgan fingerprint density at radius 3 is 2.69 bits per heavy atom. The maximum Gasteiger partial charge on any atom is 0.230 e. The Morgan fingerprint density at radius 1 is 1.19 bits per heavy atom. The van der Waals surface area contributed by atoms with E-state index < -0.39 is 0 Å². The Balaban J connectivity index is 1.53. The van der Waals surface area contributed by atoms with E-state index in [1.54, 1.807) is 0 Å². The summed E-state index contributed by atoms with van der Waals surface area (Å²) in [4.78, 5) is 14.6. The fourth-order valence-electron chi connectivity index (χ4n) is 3.62. The summed E-state index contributed by atoms with van der Waals surface area (Å²) in [7, 11) is 1.99. The van der Waals surface area contributed by atoms with Gasteiger partial charge in [0.2, 0.25) is 5.91 Å². The van der Waals surface area contributed by atoms with E-state index >= 15 is 0 Å². The molecule has 1 aliphatic heterocycles. The molecule has 0 bridgehead atoms. The van der Waals surface area contributed by atoms with E-state index in [1.165, 1.54) is 11.3 Å². The average molecular weight is 350 g/mol. The van der Waals surface area contributed by atoms with E-state index in [2.05, 4.69) is 17.3 Å². The van der Waals surface area contributed by atoms with Crippen LogP contribution in [0, 0.1) is 6.92 Å². The van der Waals surface area contributed by atoms with Gasteiger partial charge in [0.1, 0.15) is 5.76 Å². The van der Waals surface area contributed by atoms with Gasteiger partial charge in [0.15, 0.2) is 0 Å². The lowest BCUT2D eigenvalue weighted by molar-refractivity contribution is -0.130. The zero-order chi connectivity index (χ0) is 18.1. The third kappa shape index (κ3) is 3.14. The maximum absolute atomic E-state index is 12.7. The number of fused-ring (bicyclic) bond motifs is 1. The highest BCUT2D eigenvalue weighted by Crippen LogP contribution is 2.28. The number of amides is 1. The molecule has 134 valence electrons. The van der Waals surface area contributed by atoms with Gasteiger partial charge in [-0.3, -0.25) is 9.48 Å². The van der Waals surface area contributed by atoms with E-state index in [0.29, 0.717) is 18.8 Å². The van der Waals surface area contributed by atoms with Crippen molar-refractivity contribution in [2.45, 2.75) is 26.2 Å². The molecule has 3 heterocycles. The smallest absolute Gasteiger partial charge is 0.230 e. The summed E-state index contributed by atoms with van der Waals surface area (Å²) in [5.74, 6) is 0.712. The number of carbonyl (C=O) groups excluding carboxylic acids is 1. The Kier molecular flexibility index (Phi) is 4.32. The van der Waals surface area contributed by atoms with Crippen molar-refractivity contribution in [1.29, 1.82) is 0 Å². The summed E-state index contributed by atoms with van der Waals surface area (Å²) < 4.78 is 7.15. The molecule has 0 aliphatic carbocycles. The average Bonchev–Trinajstić information content (AvgIpc) is 3.10. The first-order chi connectivity index (χ1) is 12.6. The molecule has 3 aromatic rings. The lowest BCUT2D eigenvalue weighted by atomic mass is 10.0. The molecule has 1 aliphatic rings. The van der Waals surface area contributed by atoms with E-state index in [9.17, 15) is 4.79 Å². The molecule has 26 heavy (non-hydrogen) atoms. The predicted molar refractivity (Wildman–Crippen MR) is 97.6 cm³/mol.